The predicted molar refractivity (Wildman–Crippen MR) is 33.7 cm³/mol. The third-order valence-corrected chi connectivity index (χ3v) is 0.980. The summed E-state index contributed by atoms with van der Waals surface area (Å²) in [4.78, 5) is 3.91. The molecule has 1 atom stereocenters. The van der Waals surface area contributed by atoms with Crippen LogP contribution in [0.15, 0.2) is 6.33 Å². The van der Waals surface area contributed by atoms with E-state index in [4.69, 9.17) is 5.73 Å². The van der Waals surface area contributed by atoms with E-state index < -0.39 is 0 Å². The summed E-state index contributed by atoms with van der Waals surface area (Å²) in [7, 11) is 0. The lowest BCUT2D eigenvalue weighted by atomic mass is 10.2. The van der Waals surface area contributed by atoms with Gasteiger partial charge in [-0.3, -0.25) is 5.10 Å². The van der Waals surface area contributed by atoms with Crippen LogP contribution in [0.5, 0.6) is 0 Å². The largest absolute Gasteiger partial charge is 0.328 e. The van der Waals surface area contributed by atoms with Gasteiger partial charge in [-0.15, -0.1) is 0 Å². The lowest BCUT2D eigenvalue weighted by Crippen LogP contribution is -2.18. The molecule has 50 valence electrons. The molecule has 1 aromatic heterocycles. The van der Waals surface area contributed by atoms with Gasteiger partial charge in [0.15, 0.2) is 0 Å². The van der Waals surface area contributed by atoms with Crippen molar-refractivity contribution in [3.63, 3.8) is 0 Å². The van der Waals surface area contributed by atoms with E-state index in [2.05, 4.69) is 15.2 Å². The van der Waals surface area contributed by atoms with Crippen LogP contribution in [0.3, 0.4) is 0 Å². The smallest absolute Gasteiger partial charge is 0.137 e. The van der Waals surface area contributed by atoms with Crippen LogP contribution < -0.4 is 5.73 Å². The predicted octanol–water partition coefficient (Wildman–Crippen LogP) is -0.306. The van der Waals surface area contributed by atoms with Crippen molar-refractivity contribution in [2.45, 2.75) is 19.4 Å². The number of nitrogens with zero attached hydrogens (tertiary/aromatic N) is 2. The molecule has 0 aliphatic heterocycles. The molecule has 0 amide bonds. The fourth-order valence-electron chi connectivity index (χ4n) is 0.634. The minimum Gasteiger partial charge on any atom is -0.328 e. The average Bonchev–Trinajstić information content (AvgIpc) is 2.15. The van der Waals surface area contributed by atoms with E-state index in [0.717, 1.165) is 12.2 Å². The number of aromatic nitrogens is 3. The Morgan fingerprint density at radius 1 is 1.89 bits per heavy atom. The maximum atomic E-state index is 5.50. The summed E-state index contributed by atoms with van der Waals surface area (Å²) in [6.45, 7) is 1.93. The highest BCUT2D eigenvalue weighted by atomic mass is 15.2. The Labute approximate surface area is 53.5 Å². The van der Waals surface area contributed by atoms with E-state index in [9.17, 15) is 0 Å². The molecular weight excluding hydrogens is 116 g/mol. The SMILES string of the molecule is C[C@H](N)Cc1ncn[nH]1. The summed E-state index contributed by atoms with van der Waals surface area (Å²) >= 11 is 0. The maximum Gasteiger partial charge on any atom is 0.137 e. The van der Waals surface area contributed by atoms with Crippen molar-refractivity contribution < 1.29 is 0 Å². The molecule has 9 heavy (non-hydrogen) atoms. The molecule has 0 bridgehead atoms. The number of H-pyrrole nitrogens is 1. The van der Waals surface area contributed by atoms with Crippen LogP contribution in [0, 0.1) is 0 Å². The molecule has 1 aromatic rings. The van der Waals surface area contributed by atoms with Gasteiger partial charge in [-0.05, 0) is 6.92 Å². The van der Waals surface area contributed by atoms with Crippen molar-refractivity contribution in [1.29, 1.82) is 0 Å². The second kappa shape index (κ2) is 2.59. The Morgan fingerprint density at radius 2 is 2.67 bits per heavy atom. The van der Waals surface area contributed by atoms with Crippen LogP contribution in [-0.2, 0) is 6.42 Å². The van der Waals surface area contributed by atoms with Gasteiger partial charge in [-0.1, -0.05) is 0 Å². The van der Waals surface area contributed by atoms with Crippen molar-refractivity contribution in [1.82, 2.24) is 15.2 Å². The van der Waals surface area contributed by atoms with Gasteiger partial charge >= 0.3 is 0 Å². The molecule has 1 heterocycles. The molecule has 0 aliphatic rings. The molecule has 0 aromatic carbocycles. The van der Waals surface area contributed by atoms with Crippen molar-refractivity contribution >= 4 is 0 Å². The van der Waals surface area contributed by atoms with Gasteiger partial charge in [-0.25, -0.2) is 4.98 Å². The van der Waals surface area contributed by atoms with E-state index in [0.29, 0.717) is 0 Å². The Morgan fingerprint density at radius 3 is 3.11 bits per heavy atom. The van der Waals surface area contributed by atoms with E-state index in [1.54, 1.807) is 0 Å². The second-order valence-electron chi connectivity index (χ2n) is 2.11. The lowest BCUT2D eigenvalue weighted by Gasteiger charge is -1.97. The van der Waals surface area contributed by atoms with Crippen molar-refractivity contribution in [3.05, 3.63) is 12.2 Å². The number of nitrogens with one attached hydrogen (secondary N) is 1. The normalized spacial score (nSPS) is 13.6. The zero-order valence-electron chi connectivity index (χ0n) is 5.33. The Hall–Kier alpha value is -0.900. The summed E-state index contributed by atoms with van der Waals surface area (Å²) in [6.07, 6.45) is 2.25. The highest BCUT2D eigenvalue weighted by molar-refractivity contribution is 4.82. The number of hydrogen-bond donors (Lipinski definition) is 2. The van der Waals surface area contributed by atoms with E-state index in [1.807, 2.05) is 6.92 Å². The monoisotopic (exact) mass is 126 g/mol. The Balaban J connectivity index is 2.48. The molecule has 0 fully saturated rings. The van der Waals surface area contributed by atoms with Crippen LogP contribution in [0.2, 0.25) is 0 Å². The molecule has 0 radical (unpaired) electrons. The maximum absolute atomic E-state index is 5.50. The average molecular weight is 126 g/mol. The highest BCUT2D eigenvalue weighted by Crippen LogP contribution is 1.89. The third kappa shape index (κ3) is 1.81. The molecule has 0 saturated heterocycles. The van der Waals surface area contributed by atoms with Crippen LogP contribution >= 0.6 is 0 Å². The van der Waals surface area contributed by atoms with Crippen LogP contribution in [0.25, 0.3) is 0 Å². The van der Waals surface area contributed by atoms with Gasteiger partial charge in [0.25, 0.3) is 0 Å². The first kappa shape index (κ1) is 6.22. The Kier molecular flexibility index (Phi) is 1.79. The molecule has 0 spiro atoms. The molecule has 0 unspecified atom stereocenters. The fourth-order valence-corrected chi connectivity index (χ4v) is 0.634. The molecule has 0 aliphatic carbocycles. The quantitative estimate of drug-likeness (QED) is 0.571. The zero-order chi connectivity index (χ0) is 6.69. The van der Waals surface area contributed by atoms with E-state index >= 15 is 0 Å². The summed E-state index contributed by atoms with van der Waals surface area (Å²) < 4.78 is 0. The van der Waals surface area contributed by atoms with Gasteiger partial charge < -0.3 is 5.73 Å². The molecule has 0 saturated carbocycles. The van der Waals surface area contributed by atoms with Gasteiger partial charge in [0.1, 0.15) is 12.2 Å². The van der Waals surface area contributed by atoms with Crippen molar-refractivity contribution in [2.75, 3.05) is 0 Å². The van der Waals surface area contributed by atoms with Gasteiger partial charge in [0, 0.05) is 12.5 Å². The minimum absolute atomic E-state index is 0.151. The molecule has 4 nitrogen and oxygen atoms in total. The van der Waals surface area contributed by atoms with E-state index in [1.165, 1.54) is 6.33 Å². The second-order valence-corrected chi connectivity index (χ2v) is 2.11. The Bertz CT molecular complexity index is 155. The lowest BCUT2D eigenvalue weighted by molar-refractivity contribution is 0.705. The highest BCUT2D eigenvalue weighted by Gasteiger charge is 1.97. The molecule has 3 N–H and O–H groups in total. The van der Waals surface area contributed by atoms with Gasteiger partial charge in [0.05, 0.1) is 0 Å². The topological polar surface area (TPSA) is 67.6 Å². The van der Waals surface area contributed by atoms with Gasteiger partial charge in [-0.2, -0.15) is 5.10 Å². The van der Waals surface area contributed by atoms with Crippen LogP contribution in [0.4, 0.5) is 0 Å². The number of nitrogens with two attached hydrogens (primary N) is 1. The summed E-state index contributed by atoms with van der Waals surface area (Å²) in [5.41, 5.74) is 5.50. The van der Waals surface area contributed by atoms with E-state index in [-0.39, 0.29) is 6.04 Å². The zero-order valence-corrected chi connectivity index (χ0v) is 5.33. The fraction of sp³-hybridized carbons (Fsp3) is 0.600. The number of aromatic amines is 1. The standard InChI is InChI=1S/C5H10N4/c1-4(6)2-5-7-3-8-9-5/h3-4H,2,6H2,1H3,(H,7,8,9)/t4-/m0/s1. The number of rotatable bonds is 2. The van der Waals surface area contributed by atoms with Crippen molar-refractivity contribution in [2.24, 2.45) is 5.73 Å². The van der Waals surface area contributed by atoms with Crippen LogP contribution in [-0.4, -0.2) is 21.2 Å². The summed E-state index contributed by atoms with van der Waals surface area (Å²) in [5, 5.41) is 6.41. The first-order valence-electron chi connectivity index (χ1n) is 2.89. The minimum atomic E-state index is 0.151. The first-order chi connectivity index (χ1) is 4.29. The molecule has 1 rings (SSSR count). The third-order valence-electron chi connectivity index (χ3n) is 0.980. The van der Waals surface area contributed by atoms with Crippen molar-refractivity contribution in [3.8, 4) is 0 Å². The molecular formula is C5H10N4. The van der Waals surface area contributed by atoms with Crippen LogP contribution in [0.1, 0.15) is 12.7 Å². The van der Waals surface area contributed by atoms with Gasteiger partial charge in [0.2, 0.25) is 0 Å². The first-order valence-corrected chi connectivity index (χ1v) is 2.89. The molecule has 4 heteroatoms. The summed E-state index contributed by atoms with van der Waals surface area (Å²) in [6, 6.07) is 0.151. The summed E-state index contributed by atoms with van der Waals surface area (Å²) in [5.74, 6) is 0.852. The number of hydrogen-bond acceptors (Lipinski definition) is 3.